The second-order valence-corrected chi connectivity index (χ2v) is 5.35. The molecule has 1 atom stereocenters. The number of benzene rings is 1. The predicted octanol–water partition coefficient (Wildman–Crippen LogP) is 1.09. The van der Waals surface area contributed by atoms with Gasteiger partial charge in [-0.05, 0) is 30.9 Å². The quantitative estimate of drug-likeness (QED) is 0.715. The molecule has 1 aromatic carbocycles. The van der Waals surface area contributed by atoms with E-state index in [0.717, 1.165) is 4.90 Å². The van der Waals surface area contributed by atoms with Gasteiger partial charge in [0.05, 0.1) is 5.92 Å². The normalized spacial score (nSPS) is 18.5. The first-order chi connectivity index (χ1) is 10.2. The molecular weight excluding hydrogens is 300 g/mol. The minimum atomic E-state index is -4.30. The van der Waals surface area contributed by atoms with Crippen LogP contribution in [0.3, 0.4) is 0 Å². The number of carbonyl (C=O) groups excluding carboxylic acids is 1. The Labute approximate surface area is 125 Å². The Morgan fingerprint density at radius 1 is 1.41 bits per heavy atom. The van der Waals surface area contributed by atoms with E-state index in [9.17, 15) is 28.0 Å². The van der Waals surface area contributed by atoms with Crippen molar-refractivity contribution in [2.45, 2.75) is 19.5 Å². The predicted molar refractivity (Wildman–Crippen MR) is 75.8 cm³/mol. The average molecular weight is 316 g/mol. The van der Waals surface area contributed by atoms with E-state index in [1.807, 2.05) is 0 Å². The van der Waals surface area contributed by atoms with Crippen LogP contribution in [0.5, 0.6) is 0 Å². The van der Waals surface area contributed by atoms with Crippen molar-refractivity contribution in [3.63, 3.8) is 0 Å². The molecule has 1 aliphatic rings. The number of anilines is 1. The molecule has 1 aromatic rings. The number of urea groups is 1. The summed E-state index contributed by atoms with van der Waals surface area (Å²) in [5.41, 5.74) is 1.16. The molecule has 9 heteroatoms. The molecule has 1 aliphatic heterocycles. The summed E-state index contributed by atoms with van der Waals surface area (Å²) < 4.78 is 37.8. The monoisotopic (exact) mass is 316 g/mol. The van der Waals surface area contributed by atoms with Gasteiger partial charge in [0.2, 0.25) is 0 Å². The van der Waals surface area contributed by atoms with Gasteiger partial charge in [-0.15, -0.1) is 0 Å². The number of amides is 2. The Morgan fingerprint density at radius 2 is 2.09 bits per heavy atom. The molecule has 0 saturated carbocycles. The molecule has 0 aromatic heterocycles. The summed E-state index contributed by atoms with van der Waals surface area (Å²) in [6.45, 7) is 1.35. The number of hydrogen-bond acceptors (Lipinski definition) is 3. The first kappa shape index (κ1) is 16.6. The largest absolute Gasteiger partial charge is 0.488 e. The number of carbonyl (C=O) groups is 1. The number of alkyl halides is 3. The van der Waals surface area contributed by atoms with Crippen molar-refractivity contribution in [3.8, 4) is 0 Å². The SMILES string of the molecule is Cc1ccc(NC(=O)N2CCC(C(F)(F)F)C2)cc1B(O)O. The maximum Gasteiger partial charge on any atom is 0.488 e. The van der Waals surface area contributed by atoms with Crippen molar-refractivity contribution in [2.24, 2.45) is 5.92 Å². The van der Waals surface area contributed by atoms with E-state index in [4.69, 9.17) is 0 Å². The van der Waals surface area contributed by atoms with Crippen LogP contribution in [-0.4, -0.2) is 47.4 Å². The Kier molecular flexibility index (Phi) is 4.67. The summed E-state index contributed by atoms with van der Waals surface area (Å²) in [6, 6.07) is 3.90. The number of likely N-dealkylation sites (tertiary alicyclic amines) is 1. The highest BCUT2D eigenvalue weighted by Gasteiger charge is 2.44. The number of nitrogens with zero attached hydrogens (tertiary/aromatic N) is 1. The second-order valence-electron chi connectivity index (χ2n) is 5.35. The number of rotatable bonds is 2. The fraction of sp³-hybridized carbons (Fsp3) is 0.462. The van der Waals surface area contributed by atoms with Crippen molar-refractivity contribution in [2.75, 3.05) is 18.4 Å². The minimum Gasteiger partial charge on any atom is -0.423 e. The average Bonchev–Trinajstić information content (AvgIpc) is 2.90. The summed E-state index contributed by atoms with van der Waals surface area (Å²) >= 11 is 0. The molecule has 0 radical (unpaired) electrons. The van der Waals surface area contributed by atoms with Crippen molar-refractivity contribution in [1.29, 1.82) is 0 Å². The van der Waals surface area contributed by atoms with E-state index < -0.39 is 25.2 Å². The summed E-state index contributed by atoms with van der Waals surface area (Å²) in [5.74, 6) is -1.49. The summed E-state index contributed by atoms with van der Waals surface area (Å²) in [5, 5.41) is 20.9. The molecule has 120 valence electrons. The van der Waals surface area contributed by atoms with Crippen LogP contribution in [0.1, 0.15) is 12.0 Å². The number of hydrogen-bond donors (Lipinski definition) is 3. The lowest BCUT2D eigenvalue weighted by molar-refractivity contribution is -0.169. The van der Waals surface area contributed by atoms with E-state index in [1.54, 1.807) is 19.1 Å². The summed E-state index contributed by atoms with van der Waals surface area (Å²) in [7, 11) is -1.68. The third-order valence-electron chi connectivity index (χ3n) is 3.75. The maximum absolute atomic E-state index is 12.6. The molecule has 5 nitrogen and oxygen atoms in total. The summed E-state index contributed by atoms with van der Waals surface area (Å²) in [6.07, 6.45) is -4.40. The topological polar surface area (TPSA) is 72.8 Å². The van der Waals surface area contributed by atoms with Crippen LogP contribution in [0.4, 0.5) is 23.7 Å². The number of nitrogens with one attached hydrogen (secondary N) is 1. The van der Waals surface area contributed by atoms with Gasteiger partial charge in [0.1, 0.15) is 0 Å². The van der Waals surface area contributed by atoms with Crippen LogP contribution < -0.4 is 10.8 Å². The Hall–Kier alpha value is -1.74. The van der Waals surface area contributed by atoms with Crippen LogP contribution in [0, 0.1) is 12.8 Å². The van der Waals surface area contributed by atoms with Crippen molar-refractivity contribution < 1.29 is 28.0 Å². The Balaban J connectivity index is 2.03. The first-order valence-electron chi connectivity index (χ1n) is 6.78. The zero-order chi connectivity index (χ0) is 16.5. The Bertz CT molecular complexity index is 566. The standard InChI is InChI=1S/C13H16BF3N2O3/c1-8-2-3-10(6-11(8)14(21)22)18-12(20)19-5-4-9(7-19)13(15,16)17/h2-3,6,9,21-22H,4-5,7H2,1H3,(H,18,20). The number of halogens is 3. The molecule has 3 N–H and O–H groups in total. The molecule has 2 amide bonds. The molecule has 1 heterocycles. The van der Waals surface area contributed by atoms with Crippen molar-refractivity contribution in [1.82, 2.24) is 4.90 Å². The fourth-order valence-electron chi connectivity index (χ4n) is 2.41. The lowest BCUT2D eigenvalue weighted by atomic mass is 9.77. The highest BCUT2D eigenvalue weighted by atomic mass is 19.4. The van der Waals surface area contributed by atoms with Gasteiger partial charge in [0.25, 0.3) is 0 Å². The van der Waals surface area contributed by atoms with Gasteiger partial charge in [-0.25, -0.2) is 4.79 Å². The van der Waals surface area contributed by atoms with Crippen LogP contribution >= 0.6 is 0 Å². The van der Waals surface area contributed by atoms with Crippen molar-refractivity contribution in [3.05, 3.63) is 23.8 Å². The smallest absolute Gasteiger partial charge is 0.423 e. The lowest BCUT2D eigenvalue weighted by Gasteiger charge is -2.19. The van der Waals surface area contributed by atoms with Crippen LogP contribution in [0.15, 0.2) is 18.2 Å². The van der Waals surface area contributed by atoms with E-state index in [2.05, 4.69) is 5.32 Å². The third-order valence-corrected chi connectivity index (χ3v) is 3.75. The van der Waals surface area contributed by atoms with Gasteiger partial charge in [0.15, 0.2) is 0 Å². The molecule has 1 unspecified atom stereocenters. The summed E-state index contributed by atoms with van der Waals surface area (Å²) in [4.78, 5) is 13.1. The zero-order valence-electron chi connectivity index (χ0n) is 11.9. The first-order valence-corrected chi connectivity index (χ1v) is 6.78. The van der Waals surface area contributed by atoms with E-state index in [1.165, 1.54) is 6.07 Å². The van der Waals surface area contributed by atoms with E-state index in [0.29, 0.717) is 11.3 Å². The second kappa shape index (κ2) is 6.17. The highest BCUT2D eigenvalue weighted by Crippen LogP contribution is 2.33. The van der Waals surface area contributed by atoms with Gasteiger partial charge >= 0.3 is 19.3 Å². The molecule has 0 aliphatic carbocycles. The third kappa shape index (κ3) is 3.72. The lowest BCUT2D eigenvalue weighted by Crippen LogP contribution is -2.36. The van der Waals surface area contributed by atoms with Gasteiger partial charge in [-0.3, -0.25) is 0 Å². The van der Waals surface area contributed by atoms with E-state index >= 15 is 0 Å². The molecule has 0 spiro atoms. The molecule has 2 rings (SSSR count). The van der Waals surface area contributed by atoms with Crippen LogP contribution in [-0.2, 0) is 0 Å². The molecule has 1 saturated heterocycles. The zero-order valence-corrected chi connectivity index (χ0v) is 11.9. The minimum absolute atomic E-state index is 0.0390. The van der Waals surface area contributed by atoms with E-state index in [-0.39, 0.29) is 25.0 Å². The molecule has 1 fully saturated rings. The molecule has 0 bridgehead atoms. The highest BCUT2D eigenvalue weighted by molar-refractivity contribution is 6.59. The maximum atomic E-state index is 12.6. The van der Waals surface area contributed by atoms with Gasteiger partial charge < -0.3 is 20.3 Å². The van der Waals surface area contributed by atoms with Crippen LogP contribution in [0.2, 0.25) is 0 Å². The fourth-order valence-corrected chi connectivity index (χ4v) is 2.41. The number of aryl methyl sites for hydroxylation is 1. The van der Waals surface area contributed by atoms with Crippen LogP contribution in [0.25, 0.3) is 0 Å². The molecular formula is C13H16BF3N2O3. The molecule has 22 heavy (non-hydrogen) atoms. The Morgan fingerprint density at radius 3 is 2.64 bits per heavy atom. The van der Waals surface area contributed by atoms with Gasteiger partial charge in [-0.2, -0.15) is 13.2 Å². The van der Waals surface area contributed by atoms with Gasteiger partial charge in [-0.1, -0.05) is 11.6 Å². The van der Waals surface area contributed by atoms with Crippen molar-refractivity contribution >= 4 is 24.3 Å². The van der Waals surface area contributed by atoms with Gasteiger partial charge in [0, 0.05) is 18.8 Å².